The third-order valence-electron chi connectivity index (χ3n) is 4.46. The zero-order chi connectivity index (χ0) is 15.9. The first kappa shape index (κ1) is 16.1. The van der Waals surface area contributed by atoms with E-state index >= 15 is 0 Å². The molecule has 0 N–H and O–H groups in total. The summed E-state index contributed by atoms with van der Waals surface area (Å²) in [6, 6.07) is 0. The minimum Gasteiger partial charge on any atom is -0.459 e. The number of piperidine rings is 1. The van der Waals surface area contributed by atoms with E-state index in [1.807, 2.05) is 34.6 Å². The molecule has 2 rings (SSSR count). The summed E-state index contributed by atoms with van der Waals surface area (Å²) in [5, 5.41) is 0. The molecule has 0 aromatic rings. The highest BCUT2D eigenvalue weighted by Gasteiger charge is 2.56. The van der Waals surface area contributed by atoms with Gasteiger partial charge in [0.2, 0.25) is 0 Å². The third-order valence-corrected chi connectivity index (χ3v) is 4.46. The molecule has 2 saturated heterocycles. The summed E-state index contributed by atoms with van der Waals surface area (Å²) < 4.78 is 11.0. The number of amides is 1. The van der Waals surface area contributed by atoms with E-state index < -0.39 is 16.6 Å². The van der Waals surface area contributed by atoms with Gasteiger partial charge in [0, 0.05) is 19.5 Å². The minimum absolute atomic E-state index is 0.153. The summed E-state index contributed by atoms with van der Waals surface area (Å²) in [5.74, 6) is -0.153. The van der Waals surface area contributed by atoms with E-state index in [1.54, 1.807) is 4.90 Å². The van der Waals surface area contributed by atoms with Gasteiger partial charge in [0.25, 0.3) is 0 Å². The van der Waals surface area contributed by atoms with Gasteiger partial charge in [-0.1, -0.05) is 6.92 Å². The number of rotatable bonds is 1. The summed E-state index contributed by atoms with van der Waals surface area (Å²) in [5.41, 5.74) is -1.45. The number of hydrogen-bond donors (Lipinski definition) is 0. The van der Waals surface area contributed by atoms with Crippen LogP contribution in [0.15, 0.2) is 0 Å². The Morgan fingerprint density at radius 3 is 2.62 bits per heavy atom. The van der Waals surface area contributed by atoms with Crippen LogP contribution in [-0.2, 0) is 14.3 Å². The average Bonchev–Trinajstić information content (AvgIpc) is 2.59. The highest BCUT2D eigenvalue weighted by molar-refractivity contribution is 5.81. The number of nitrogens with zero attached hydrogens (tertiary/aromatic N) is 1. The Kier molecular flexibility index (Phi) is 3.98. The zero-order valence-electron chi connectivity index (χ0n) is 13.8. The molecule has 0 aliphatic carbocycles. The first-order valence-corrected chi connectivity index (χ1v) is 7.81. The molecule has 0 bridgehead atoms. The topological polar surface area (TPSA) is 55.8 Å². The lowest BCUT2D eigenvalue weighted by molar-refractivity contribution is -0.155. The highest BCUT2D eigenvalue weighted by atomic mass is 16.6. The second kappa shape index (κ2) is 5.18. The van der Waals surface area contributed by atoms with E-state index in [0.717, 1.165) is 19.3 Å². The summed E-state index contributed by atoms with van der Waals surface area (Å²) in [6.45, 7) is 10.6. The van der Waals surface area contributed by atoms with E-state index in [9.17, 15) is 9.59 Å². The quantitative estimate of drug-likeness (QED) is 0.698. The smallest absolute Gasteiger partial charge is 0.410 e. The maximum atomic E-state index is 12.4. The van der Waals surface area contributed by atoms with Crippen LogP contribution in [0.4, 0.5) is 4.79 Å². The number of cyclic esters (lactones) is 1. The van der Waals surface area contributed by atoms with Crippen molar-refractivity contribution >= 4 is 12.1 Å². The van der Waals surface area contributed by atoms with Crippen LogP contribution in [0.1, 0.15) is 60.3 Å². The molecule has 1 spiro atoms. The van der Waals surface area contributed by atoms with Gasteiger partial charge in [0.15, 0.2) is 0 Å². The molecule has 1 amide bonds. The number of esters is 1. The molecule has 5 heteroatoms. The fourth-order valence-corrected chi connectivity index (χ4v) is 3.28. The lowest BCUT2D eigenvalue weighted by atomic mass is 9.74. The van der Waals surface area contributed by atoms with Crippen molar-refractivity contribution in [2.75, 3.05) is 13.1 Å². The van der Waals surface area contributed by atoms with E-state index in [4.69, 9.17) is 9.47 Å². The van der Waals surface area contributed by atoms with Crippen molar-refractivity contribution in [2.45, 2.75) is 71.5 Å². The zero-order valence-corrected chi connectivity index (χ0v) is 13.8. The molecule has 2 aliphatic heterocycles. The molecule has 0 radical (unpaired) electrons. The molecule has 0 aromatic carbocycles. The molecule has 5 nitrogen and oxygen atoms in total. The molecule has 0 saturated carbocycles. The third kappa shape index (κ3) is 3.33. The maximum Gasteiger partial charge on any atom is 0.410 e. The Labute approximate surface area is 127 Å². The molecular formula is C16H27NO4. The van der Waals surface area contributed by atoms with Crippen LogP contribution < -0.4 is 0 Å². The van der Waals surface area contributed by atoms with E-state index in [1.165, 1.54) is 0 Å². The van der Waals surface area contributed by atoms with Gasteiger partial charge in [-0.2, -0.15) is 0 Å². The summed E-state index contributed by atoms with van der Waals surface area (Å²) in [4.78, 5) is 26.3. The van der Waals surface area contributed by atoms with Crippen molar-refractivity contribution in [3.8, 4) is 0 Å². The highest BCUT2D eigenvalue weighted by Crippen LogP contribution is 2.47. The van der Waals surface area contributed by atoms with Gasteiger partial charge in [-0.25, -0.2) is 4.79 Å². The van der Waals surface area contributed by atoms with Crippen LogP contribution in [0.25, 0.3) is 0 Å². The van der Waals surface area contributed by atoms with Crippen molar-refractivity contribution in [3.05, 3.63) is 0 Å². The predicted octanol–water partition coefficient (Wildman–Crippen LogP) is 3.12. The van der Waals surface area contributed by atoms with Crippen LogP contribution in [0.2, 0.25) is 0 Å². The molecule has 2 aliphatic rings. The monoisotopic (exact) mass is 297 g/mol. The second-order valence-corrected chi connectivity index (χ2v) is 7.66. The van der Waals surface area contributed by atoms with Gasteiger partial charge in [-0.05, 0) is 47.0 Å². The molecule has 120 valence electrons. The van der Waals surface area contributed by atoms with E-state index in [2.05, 4.69) is 0 Å². The molecule has 21 heavy (non-hydrogen) atoms. The largest absolute Gasteiger partial charge is 0.459 e. The van der Waals surface area contributed by atoms with Gasteiger partial charge < -0.3 is 14.4 Å². The molecule has 2 fully saturated rings. The van der Waals surface area contributed by atoms with Crippen LogP contribution in [0.3, 0.4) is 0 Å². The fraction of sp³-hybridized carbons (Fsp3) is 0.875. The van der Waals surface area contributed by atoms with Crippen LogP contribution in [0, 0.1) is 5.41 Å². The number of ether oxygens (including phenoxy) is 2. The van der Waals surface area contributed by atoms with Crippen LogP contribution >= 0.6 is 0 Å². The number of carbonyl (C=O) groups excluding carboxylic acids is 2. The standard InChI is InChI=1S/C16H27NO4/c1-6-15(5)10-16(12(18)20-15)8-7-9-17(11-16)13(19)21-14(2,3)4/h6-11H2,1-5H3. The molecule has 2 unspecified atom stereocenters. The normalized spacial score (nSPS) is 33.2. The molecule has 2 atom stereocenters. The van der Waals surface area contributed by atoms with Crippen molar-refractivity contribution in [2.24, 2.45) is 5.41 Å². The molecule has 0 aromatic heterocycles. The first-order valence-electron chi connectivity index (χ1n) is 7.81. The van der Waals surface area contributed by atoms with Gasteiger partial charge in [0.05, 0.1) is 5.41 Å². The predicted molar refractivity (Wildman–Crippen MR) is 78.9 cm³/mol. The second-order valence-electron chi connectivity index (χ2n) is 7.66. The average molecular weight is 297 g/mol. The molecule has 2 heterocycles. The minimum atomic E-state index is -0.542. The lowest BCUT2D eigenvalue weighted by Crippen LogP contribution is -2.49. The number of hydrogen-bond acceptors (Lipinski definition) is 4. The SMILES string of the molecule is CCC1(C)CC2(CCCN(C(=O)OC(C)(C)C)C2)C(=O)O1. The Morgan fingerprint density at radius 2 is 2.10 bits per heavy atom. The van der Waals surface area contributed by atoms with Crippen molar-refractivity contribution in [3.63, 3.8) is 0 Å². The van der Waals surface area contributed by atoms with E-state index in [0.29, 0.717) is 19.5 Å². The Hall–Kier alpha value is -1.26. The van der Waals surface area contributed by atoms with Gasteiger partial charge in [-0.15, -0.1) is 0 Å². The Bertz CT molecular complexity index is 442. The van der Waals surface area contributed by atoms with Crippen molar-refractivity contribution < 1.29 is 19.1 Å². The fourth-order valence-electron chi connectivity index (χ4n) is 3.28. The van der Waals surface area contributed by atoms with Crippen LogP contribution in [0.5, 0.6) is 0 Å². The molecular weight excluding hydrogens is 270 g/mol. The summed E-state index contributed by atoms with van der Waals surface area (Å²) in [7, 11) is 0. The first-order chi connectivity index (χ1) is 9.59. The van der Waals surface area contributed by atoms with Gasteiger partial charge >= 0.3 is 12.1 Å². The summed E-state index contributed by atoms with van der Waals surface area (Å²) in [6.07, 6.45) is 2.76. The van der Waals surface area contributed by atoms with Crippen molar-refractivity contribution in [1.82, 2.24) is 4.90 Å². The Balaban J connectivity index is 2.11. The van der Waals surface area contributed by atoms with Gasteiger partial charge in [-0.3, -0.25) is 4.79 Å². The van der Waals surface area contributed by atoms with Crippen LogP contribution in [-0.4, -0.2) is 41.3 Å². The lowest BCUT2D eigenvalue weighted by Gasteiger charge is -2.38. The maximum absolute atomic E-state index is 12.4. The number of likely N-dealkylation sites (tertiary alicyclic amines) is 1. The Morgan fingerprint density at radius 1 is 1.43 bits per heavy atom. The van der Waals surface area contributed by atoms with Crippen molar-refractivity contribution in [1.29, 1.82) is 0 Å². The summed E-state index contributed by atoms with van der Waals surface area (Å²) >= 11 is 0. The number of carbonyl (C=O) groups is 2. The van der Waals surface area contributed by atoms with Gasteiger partial charge in [0.1, 0.15) is 11.2 Å². The van der Waals surface area contributed by atoms with E-state index in [-0.39, 0.29) is 12.1 Å².